The number of amides is 1. The predicted molar refractivity (Wildman–Crippen MR) is 96.5 cm³/mol. The Bertz CT molecular complexity index is 854. The molecule has 7 nitrogen and oxygen atoms in total. The van der Waals surface area contributed by atoms with Crippen molar-refractivity contribution in [3.63, 3.8) is 0 Å². The molecule has 0 unspecified atom stereocenters. The van der Waals surface area contributed by atoms with Gasteiger partial charge in [-0.3, -0.25) is 9.48 Å². The van der Waals surface area contributed by atoms with Crippen LogP contribution in [-0.2, 0) is 13.0 Å². The molecule has 1 amide bonds. The molecule has 2 aromatic heterocycles. The van der Waals surface area contributed by atoms with Crippen LogP contribution in [0.25, 0.3) is 0 Å². The molecule has 0 aliphatic rings. The third-order valence-electron chi connectivity index (χ3n) is 3.88. The van der Waals surface area contributed by atoms with Crippen LogP contribution >= 0.6 is 0 Å². The summed E-state index contributed by atoms with van der Waals surface area (Å²) in [6, 6.07) is 9.60. The standard InChI is InChI=1S/C19H23N5O2/c1-13(2)9-17-22-19(26-23-17)14(3)21-18(25)16-10-20-24(12-16)11-15-7-5-4-6-8-15/h4-8,10,12-14H,9,11H2,1-3H3,(H,21,25)/t14-/m1/s1. The van der Waals surface area contributed by atoms with Crippen molar-refractivity contribution in [1.29, 1.82) is 0 Å². The minimum Gasteiger partial charge on any atom is -0.340 e. The quantitative estimate of drug-likeness (QED) is 0.706. The second-order valence-corrected chi connectivity index (χ2v) is 6.75. The minimum atomic E-state index is -0.367. The van der Waals surface area contributed by atoms with Crippen LogP contribution in [0.3, 0.4) is 0 Å². The van der Waals surface area contributed by atoms with Crippen molar-refractivity contribution in [2.24, 2.45) is 5.92 Å². The van der Waals surface area contributed by atoms with Crippen molar-refractivity contribution >= 4 is 5.91 Å². The number of carbonyl (C=O) groups excluding carboxylic acids is 1. The monoisotopic (exact) mass is 353 g/mol. The first kappa shape index (κ1) is 17.8. The van der Waals surface area contributed by atoms with Crippen molar-refractivity contribution in [1.82, 2.24) is 25.2 Å². The molecule has 0 aliphatic carbocycles. The molecule has 26 heavy (non-hydrogen) atoms. The van der Waals surface area contributed by atoms with Gasteiger partial charge in [0.2, 0.25) is 5.89 Å². The zero-order valence-electron chi connectivity index (χ0n) is 15.2. The Morgan fingerprint density at radius 1 is 1.23 bits per heavy atom. The van der Waals surface area contributed by atoms with Gasteiger partial charge in [-0.2, -0.15) is 10.1 Å². The molecule has 3 rings (SSSR count). The van der Waals surface area contributed by atoms with E-state index in [9.17, 15) is 4.79 Å². The summed E-state index contributed by atoms with van der Waals surface area (Å²) in [6.07, 6.45) is 4.03. The molecule has 7 heteroatoms. The first-order valence-electron chi connectivity index (χ1n) is 8.71. The van der Waals surface area contributed by atoms with Gasteiger partial charge in [0.15, 0.2) is 5.82 Å². The first-order valence-corrected chi connectivity index (χ1v) is 8.71. The highest BCUT2D eigenvalue weighted by molar-refractivity contribution is 5.93. The van der Waals surface area contributed by atoms with Crippen LogP contribution in [0.1, 0.15) is 54.4 Å². The fourth-order valence-corrected chi connectivity index (χ4v) is 2.57. The molecule has 1 atom stereocenters. The van der Waals surface area contributed by atoms with E-state index < -0.39 is 0 Å². The number of nitrogens with one attached hydrogen (secondary N) is 1. The second kappa shape index (κ2) is 7.95. The Kier molecular flexibility index (Phi) is 5.46. The maximum atomic E-state index is 12.4. The van der Waals surface area contributed by atoms with Crippen molar-refractivity contribution in [3.05, 3.63) is 65.6 Å². The molecule has 1 aromatic carbocycles. The lowest BCUT2D eigenvalue weighted by atomic mass is 10.1. The Balaban J connectivity index is 1.60. The lowest BCUT2D eigenvalue weighted by Gasteiger charge is -2.08. The largest absolute Gasteiger partial charge is 0.340 e. The van der Waals surface area contributed by atoms with Gasteiger partial charge in [0.1, 0.15) is 6.04 Å². The average Bonchev–Trinajstić information content (AvgIpc) is 3.25. The number of carbonyl (C=O) groups is 1. The van der Waals surface area contributed by atoms with E-state index in [1.165, 1.54) is 0 Å². The number of aromatic nitrogens is 4. The molecule has 2 heterocycles. The fourth-order valence-electron chi connectivity index (χ4n) is 2.57. The molecule has 1 N–H and O–H groups in total. The molecule has 136 valence electrons. The molecule has 0 saturated carbocycles. The number of rotatable bonds is 7. The molecule has 0 aliphatic heterocycles. The zero-order chi connectivity index (χ0) is 18.5. The summed E-state index contributed by atoms with van der Waals surface area (Å²) in [5.74, 6) is 1.29. The summed E-state index contributed by atoms with van der Waals surface area (Å²) in [5.41, 5.74) is 1.62. The van der Waals surface area contributed by atoms with E-state index in [0.717, 1.165) is 12.0 Å². The Hall–Kier alpha value is -2.96. The van der Waals surface area contributed by atoms with E-state index in [1.807, 2.05) is 37.3 Å². The van der Waals surface area contributed by atoms with Gasteiger partial charge in [-0.1, -0.05) is 49.3 Å². The molecule has 0 bridgehead atoms. The van der Waals surface area contributed by atoms with E-state index in [1.54, 1.807) is 17.1 Å². The van der Waals surface area contributed by atoms with Gasteiger partial charge < -0.3 is 9.84 Å². The third-order valence-corrected chi connectivity index (χ3v) is 3.88. The Morgan fingerprint density at radius 2 is 2.00 bits per heavy atom. The van der Waals surface area contributed by atoms with Crippen LogP contribution in [-0.4, -0.2) is 25.8 Å². The summed E-state index contributed by atoms with van der Waals surface area (Å²) < 4.78 is 6.99. The molecule has 0 spiro atoms. The van der Waals surface area contributed by atoms with Crippen LogP contribution in [0.4, 0.5) is 0 Å². The van der Waals surface area contributed by atoms with Gasteiger partial charge in [-0.25, -0.2) is 0 Å². The highest BCUT2D eigenvalue weighted by Gasteiger charge is 2.18. The summed E-state index contributed by atoms with van der Waals surface area (Å²) in [6.45, 7) is 6.62. The lowest BCUT2D eigenvalue weighted by Crippen LogP contribution is -2.26. The zero-order valence-corrected chi connectivity index (χ0v) is 15.2. The van der Waals surface area contributed by atoms with Crippen LogP contribution in [0.2, 0.25) is 0 Å². The SMILES string of the molecule is CC(C)Cc1noc([C@@H](C)NC(=O)c2cnn(Cc3ccccc3)c2)n1. The third kappa shape index (κ3) is 4.56. The summed E-state index contributed by atoms with van der Waals surface area (Å²) in [4.78, 5) is 16.8. The fraction of sp³-hybridized carbons (Fsp3) is 0.368. The van der Waals surface area contributed by atoms with Gasteiger partial charge in [0.05, 0.1) is 18.3 Å². The number of nitrogens with zero attached hydrogens (tertiary/aromatic N) is 4. The first-order chi connectivity index (χ1) is 12.5. The topological polar surface area (TPSA) is 85.8 Å². The van der Waals surface area contributed by atoms with Gasteiger partial charge in [0, 0.05) is 12.6 Å². The number of hydrogen-bond acceptors (Lipinski definition) is 5. The van der Waals surface area contributed by atoms with Crippen molar-refractivity contribution in [2.45, 2.75) is 39.8 Å². The molecular weight excluding hydrogens is 330 g/mol. The summed E-state index contributed by atoms with van der Waals surface area (Å²) >= 11 is 0. The van der Waals surface area contributed by atoms with Crippen molar-refractivity contribution in [3.8, 4) is 0 Å². The van der Waals surface area contributed by atoms with E-state index in [-0.39, 0.29) is 11.9 Å². The maximum Gasteiger partial charge on any atom is 0.255 e. The minimum absolute atomic E-state index is 0.222. The smallest absolute Gasteiger partial charge is 0.255 e. The lowest BCUT2D eigenvalue weighted by molar-refractivity contribution is 0.0932. The highest BCUT2D eigenvalue weighted by Crippen LogP contribution is 2.13. The molecular formula is C19H23N5O2. The normalized spacial score (nSPS) is 12.3. The van der Waals surface area contributed by atoms with Crippen LogP contribution < -0.4 is 5.32 Å². The van der Waals surface area contributed by atoms with Gasteiger partial charge in [-0.15, -0.1) is 0 Å². The van der Waals surface area contributed by atoms with Crippen molar-refractivity contribution in [2.75, 3.05) is 0 Å². The van der Waals surface area contributed by atoms with Crippen LogP contribution in [0.5, 0.6) is 0 Å². The molecule has 0 radical (unpaired) electrons. The highest BCUT2D eigenvalue weighted by atomic mass is 16.5. The van der Waals surface area contributed by atoms with Gasteiger partial charge in [0.25, 0.3) is 5.91 Å². The number of hydrogen-bond donors (Lipinski definition) is 1. The molecule has 0 fully saturated rings. The van der Waals surface area contributed by atoms with E-state index >= 15 is 0 Å². The average molecular weight is 353 g/mol. The second-order valence-electron chi connectivity index (χ2n) is 6.75. The van der Waals surface area contributed by atoms with Crippen LogP contribution in [0.15, 0.2) is 47.2 Å². The predicted octanol–water partition coefficient (Wildman–Crippen LogP) is 3.00. The summed E-state index contributed by atoms with van der Waals surface area (Å²) in [5, 5.41) is 11.1. The Morgan fingerprint density at radius 3 is 2.73 bits per heavy atom. The maximum absolute atomic E-state index is 12.4. The van der Waals surface area contributed by atoms with Crippen LogP contribution in [0, 0.1) is 5.92 Å². The molecule has 3 aromatic rings. The molecule has 0 saturated heterocycles. The van der Waals surface area contributed by atoms with Crippen molar-refractivity contribution < 1.29 is 9.32 Å². The van der Waals surface area contributed by atoms with E-state index in [4.69, 9.17) is 4.52 Å². The van der Waals surface area contributed by atoms with E-state index in [2.05, 4.69) is 34.4 Å². The number of benzene rings is 1. The summed E-state index contributed by atoms with van der Waals surface area (Å²) in [7, 11) is 0. The van der Waals surface area contributed by atoms with E-state index in [0.29, 0.717) is 29.7 Å². The van der Waals surface area contributed by atoms with Gasteiger partial charge >= 0.3 is 0 Å². The van der Waals surface area contributed by atoms with Gasteiger partial charge in [-0.05, 0) is 18.4 Å². The Labute approximate surface area is 152 Å².